The van der Waals surface area contributed by atoms with Crippen molar-refractivity contribution in [1.82, 2.24) is 0 Å². The Morgan fingerprint density at radius 2 is 0.538 bits per heavy atom. The van der Waals surface area contributed by atoms with E-state index in [2.05, 4.69) is 414 Å². The largest absolute Gasteiger partial charge is 0.220 e. The highest BCUT2D eigenvalue weighted by atomic mass is 15.0. The minimum Gasteiger partial charge on any atom is -0.200 e. The van der Waals surface area contributed by atoms with Gasteiger partial charge in [0.15, 0.2) is 29.4 Å². The average molecular weight is 1940 g/mol. The van der Waals surface area contributed by atoms with Gasteiger partial charge < -0.3 is 0 Å². The van der Waals surface area contributed by atoms with Crippen molar-refractivity contribution in [1.29, 1.82) is 0 Å². The molecule has 0 saturated heterocycles. The Kier molecular flexibility index (Phi) is 31.3. The molecule has 0 amide bonds. The van der Waals surface area contributed by atoms with Crippen LogP contribution in [0.5, 0.6) is 0 Å². The summed E-state index contributed by atoms with van der Waals surface area (Å²) in [5, 5.41) is 13.2. The molecule has 0 bridgehead atoms. The summed E-state index contributed by atoms with van der Waals surface area (Å²) in [6.07, 6.45) is 28.1. The van der Waals surface area contributed by atoms with Crippen molar-refractivity contribution in [2.45, 2.75) is 391 Å². The van der Waals surface area contributed by atoms with E-state index in [0.717, 1.165) is 17.8 Å². The molecule has 0 aliphatic heterocycles. The van der Waals surface area contributed by atoms with Crippen LogP contribution >= 0.6 is 0 Å². The van der Waals surface area contributed by atoms with Crippen molar-refractivity contribution in [3.63, 3.8) is 0 Å². The lowest BCUT2D eigenvalue weighted by Gasteiger charge is -2.28. The van der Waals surface area contributed by atoms with Gasteiger partial charge in [0.05, 0.1) is 54.7 Å². The second kappa shape index (κ2) is 43.6. The van der Waals surface area contributed by atoms with E-state index in [1.54, 1.807) is 0 Å². The van der Waals surface area contributed by atoms with Gasteiger partial charge in [-0.3, -0.25) is 0 Å². The molecule has 5 saturated carbocycles. The summed E-state index contributed by atoms with van der Waals surface area (Å²) >= 11 is 0. The number of nitrogens with zero attached hydrogens (tertiary/aromatic N) is 5. The van der Waals surface area contributed by atoms with E-state index in [4.69, 9.17) is 2.74 Å². The lowest BCUT2D eigenvalue weighted by Crippen LogP contribution is -2.35. The van der Waals surface area contributed by atoms with Crippen molar-refractivity contribution in [3.05, 3.63) is 323 Å². The fourth-order valence-corrected chi connectivity index (χ4v) is 25.1. The van der Waals surface area contributed by atoms with Crippen molar-refractivity contribution >= 4 is 53.9 Å². The van der Waals surface area contributed by atoms with Crippen molar-refractivity contribution in [2.75, 3.05) is 0 Å². The first kappa shape index (κ1) is 104. The molecule has 5 heteroatoms. The molecule has 10 aromatic carbocycles. The molecule has 5 fully saturated rings. The summed E-state index contributed by atoms with van der Waals surface area (Å²) in [7, 11) is 10.7. The number of rotatable bonds is 13. The van der Waals surface area contributed by atoms with Crippen LogP contribution in [0.25, 0.3) is 110 Å². The minimum atomic E-state index is 0.0582. The van der Waals surface area contributed by atoms with Crippen LogP contribution in [0.4, 0.5) is 0 Å². The maximum Gasteiger partial charge on any atom is 0.220 e. The first-order chi connectivity index (χ1) is 69.4. The van der Waals surface area contributed by atoms with E-state index in [1.165, 1.54) is 361 Å². The van der Waals surface area contributed by atoms with Crippen LogP contribution in [-0.2, 0) is 56.9 Å². The molecular formula is C140H180N5+5. The van der Waals surface area contributed by atoms with Crippen LogP contribution in [0.1, 0.15) is 426 Å². The van der Waals surface area contributed by atoms with Gasteiger partial charge in [0.2, 0.25) is 28.5 Å². The van der Waals surface area contributed by atoms with Crippen molar-refractivity contribution < 1.29 is 25.6 Å². The normalized spacial score (nSPS) is 15.6. The van der Waals surface area contributed by atoms with E-state index < -0.39 is 0 Å². The molecule has 5 aromatic heterocycles. The Bertz CT molecular complexity index is 7450. The number of benzene rings is 10. The Labute approximate surface area is 879 Å². The van der Waals surface area contributed by atoms with Gasteiger partial charge in [0.25, 0.3) is 0 Å². The number of hydrogen-bond acceptors (Lipinski definition) is 0. The highest BCUT2D eigenvalue weighted by Gasteiger charge is 2.35. The van der Waals surface area contributed by atoms with E-state index in [9.17, 15) is 0 Å². The monoisotopic (exact) mass is 1930 g/mol. The minimum absolute atomic E-state index is 0.0582. The molecule has 5 aliphatic rings. The second-order valence-corrected chi connectivity index (χ2v) is 50.5. The highest BCUT2D eigenvalue weighted by Crippen LogP contribution is 2.48. The molecule has 5 aliphatic carbocycles. The zero-order valence-electron chi connectivity index (χ0n) is 97.9. The maximum atomic E-state index is 8.76. The zero-order chi connectivity index (χ0) is 106. The molecule has 760 valence electrons. The third-order valence-corrected chi connectivity index (χ3v) is 35.1. The van der Waals surface area contributed by atoms with Crippen molar-refractivity contribution in [2.24, 2.45) is 35.2 Å². The first-order valence-electron chi connectivity index (χ1n) is 57.3. The van der Waals surface area contributed by atoms with Gasteiger partial charge >= 0.3 is 0 Å². The number of fused-ring (bicyclic) bond motifs is 5. The molecule has 0 radical (unpaired) electrons. The third kappa shape index (κ3) is 23.0. The van der Waals surface area contributed by atoms with E-state index >= 15 is 0 Å². The SMILES string of the molecule is Cc1cc(C(C)(C)C)cc(-c2c3ccc(C4CCCC4)cc3cc(C)[n+]2C)c1C.Cc1cc(C(C)C)cc(-c2c3ccc(C4CCCC4)cc3cc(C)[n+]2C)c1C.Cc1ccc(C(C)(C)C)cc1-c1c2ccc(C3CCCC3)cc2cc(C)[n+]1C.[2H]c1cc2cc(C3CCCC3)ccc2c(-c2cc(C(C)(C)C)cc(C(C)(C)C)c2C)[n+]1C.[2H]c1cc2cc(C3CCCC3)ccc2c(-c2cc(C(C)C)cc(C(C)C)c2C)[n+]1C. The quantitative estimate of drug-likeness (QED) is 0.103. The molecular weight excluding hydrogens is 1750 g/mol. The molecule has 145 heavy (non-hydrogen) atoms. The molecule has 20 rings (SSSR count). The fraction of sp³-hybridized carbons (Fsp3) is 0.464. The average Bonchev–Trinajstić information content (AvgIpc) is 0.926. The molecule has 0 unspecified atom stereocenters. The fourth-order valence-electron chi connectivity index (χ4n) is 25.1. The molecule has 15 aromatic rings. The van der Waals surface area contributed by atoms with Crippen molar-refractivity contribution in [3.8, 4) is 56.3 Å². The highest BCUT2D eigenvalue weighted by molar-refractivity contribution is 5.99. The summed E-state index contributed by atoms with van der Waals surface area (Å²) in [4.78, 5) is 0. The predicted octanol–water partition coefficient (Wildman–Crippen LogP) is 36.6. The first-order valence-corrected chi connectivity index (χ1v) is 56.3. The second-order valence-electron chi connectivity index (χ2n) is 50.5. The number of aryl methyl sites for hydroxylation is 6. The lowest BCUT2D eigenvalue weighted by molar-refractivity contribution is -0.665. The Morgan fingerprint density at radius 3 is 0.869 bits per heavy atom. The number of aromatic nitrogens is 5. The molecule has 0 atom stereocenters. The van der Waals surface area contributed by atoms with Gasteiger partial charge in [-0.2, -0.15) is 13.7 Å². The van der Waals surface area contributed by atoms with Gasteiger partial charge in [-0.25, -0.2) is 9.13 Å². The van der Waals surface area contributed by atoms with Crippen LogP contribution in [0.2, 0.25) is 0 Å². The van der Waals surface area contributed by atoms with Gasteiger partial charge in [-0.05, 0) is 375 Å². The standard InChI is InChI=1S/C30H40N.2C28H36N.2C27H34N/c1-20-26(18-24(29(2,3)4)19-27(20)30(5,6)7)28-25-14-13-22(21-11-9-10-12-21)17-23(25)15-16-31(28)8;1-18-14-24(28(4,5)6)17-26(20(18)3)27-25-13-12-22(21-10-8-9-11-21)16-23(25)15-19(2)29(27)7;1-18(2)24-16-26(19(3)4)20(5)27(17-24)28-25-12-11-22(21-9-7-8-10-21)15-23(25)13-14-29(28)6;1-18-11-13-23(27(3,4)5)17-25(18)26-24-14-12-21(20-9-7-8-10-20)16-22(24)15-19(2)28(26)6;1-17(2)23-13-18(3)20(5)26(16-23)27-25-12-11-22(21-9-7-8-10-21)15-24(25)14-19(4)28(27)6/h13-19,21H,9-12H2,1-8H3;12-17,21H,8-11H2,1-7H3;11-19,21H,7-10H2,1-6H3;11-17,20H,7-10H2,1-6H3;11-17,21H,7-10H2,1-6H3/q5*+1/i16D;;14D;;. The van der Waals surface area contributed by atoms with Gasteiger partial charge in [0.1, 0.15) is 38.0 Å². The van der Waals surface area contributed by atoms with Crippen LogP contribution in [0.3, 0.4) is 0 Å². The van der Waals surface area contributed by atoms with Crippen LogP contribution in [0, 0.1) is 69.2 Å². The summed E-state index contributed by atoms with van der Waals surface area (Å²) in [6, 6.07) is 73.1. The Hall–Kier alpha value is -10.8. The summed E-state index contributed by atoms with van der Waals surface area (Å²) < 4.78 is 28.7. The predicted molar refractivity (Wildman–Crippen MR) is 623 cm³/mol. The summed E-state index contributed by atoms with van der Waals surface area (Å²) in [5.74, 6) is 5.14. The Balaban J connectivity index is 0.000000131. The van der Waals surface area contributed by atoms with Gasteiger partial charge in [-0.15, -0.1) is 0 Å². The molecule has 0 spiro atoms. The van der Waals surface area contributed by atoms with E-state index in [1.807, 2.05) is 26.2 Å². The summed E-state index contributed by atoms with van der Waals surface area (Å²) in [6.45, 7) is 63.8. The smallest absolute Gasteiger partial charge is 0.200 e. The molecule has 5 nitrogen and oxygen atoms in total. The van der Waals surface area contributed by atoms with Gasteiger partial charge in [0, 0.05) is 51.1 Å². The van der Waals surface area contributed by atoms with Crippen LogP contribution in [-0.4, -0.2) is 0 Å². The topological polar surface area (TPSA) is 19.4 Å². The molecule has 0 N–H and O–H groups in total. The maximum absolute atomic E-state index is 8.76. The van der Waals surface area contributed by atoms with Gasteiger partial charge in [-0.1, -0.05) is 286 Å². The summed E-state index contributed by atoms with van der Waals surface area (Å²) in [5.41, 5.74) is 44.3. The molecule has 5 heterocycles. The lowest BCUT2D eigenvalue weighted by atomic mass is 9.76. The number of hydrogen-bond donors (Lipinski definition) is 0. The number of pyridine rings is 5. The third-order valence-electron chi connectivity index (χ3n) is 35.1. The van der Waals surface area contributed by atoms with Crippen LogP contribution in [0.15, 0.2) is 200 Å². The van der Waals surface area contributed by atoms with E-state index in [-0.39, 0.29) is 21.7 Å². The Morgan fingerprint density at radius 1 is 0.248 bits per heavy atom. The van der Waals surface area contributed by atoms with Crippen LogP contribution < -0.4 is 22.8 Å². The van der Waals surface area contributed by atoms with E-state index in [0.29, 0.717) is 41.9 Å². The zero-order valence-corrected chi connectivity index (χ0v) is 95.9.